The van der Waals surface area contributed by atoms with Crippen molar-refractivity contribution in [2.24, 2.45) is 5.92 Å². The molecule has 0 N–H and O–H groups in total. The Bertz CT molecular complexity index is 518. The first-order valence-electron chi connectivity index (χ1n) is 5.96. The number of hydrogen-bond acceptors (Lipinski definition) is 4. The number of hydrogen-bond donors (Lipinski definition) is 0. The standard InChI is InChI=1S/C12H18N4O/c1-5-17-12-9(4)7-11-14-13-10(6-8(2)3)16(11)15-12/h7-8H,5-6H2,1-4H3. The molecule has 0 aliphatic heterocycles. The molecule has 0 bridgehead atoms. The van der Waals surface area contributed by atoms with Crippen molar-refractivity contribution < 1.29 is 4.74 Å². The van der Waals surface area contributed by atoms with Crippen molar-refractivity contribution in [3.8, 4) is 5.88 Å². The lowest BCUT2D eigenvalue weighted by atomic mass is 10.1. The predicted molar refractivity (Wildman–Crippen MR) is 65.2 cm³/mol. The second-order valence-corrected chi connectivity index (χ2v) is 4.55. The summed E-state index contributed by atoms with van der Waals surface area (Å²) >= 11 is 0. The Kier molecular flexibility index (Phi) is 3.26. The van der Waals surface area contributed by atoms with Crippen molar-refractivity contribution in [2.75, 3.05) is 6.61 Å². The van der Waals surface area contributed by atoms with Crippen LogP contribution in [0.25, 0.3) is 5.65 Å². The van der Waals surface area contributed by atoms with E-state index in [1.165, 1.54) is 0 Å². The Morgan fingerprint density at radius 3 is 2.76 bits per heavy atom. The topological polar surface area (TPSA) is 52.3 Å². The molecule has 0 atom stereocenters. The van der Waals surface area contributed by atoms with Crippen LogP contribution in [0, 0.1) is 12.8 Å². The summed E-state index contributed by atoms with van der Waals surface area (Å²) < 4.78 is 7.26. The molecular weight excluding hydrogens is 216 g/mol. The van der Waals surface area contributed by atoms with E-state index in [2.05, 4.69) is 29.1 Å². The number of rotatable bonds is 4. The van der Waals surface area contributed by atoms with Crippen molar-refractivity contribution in [3.63, 3.8) is 0 Å². The largest absolute Gasteiger partial charge is 0.477 e. The molecule has 0 radical (unpaired) electrons. The van der Waals surface area contributed by atoms with E-state index in [9.17, 15) is 0 Å². The summed E-state index contributed by atoms with van der Waals surface area (Å²) in [6.45, 7) is 8.83. The van der Waals surface area contributed by atoms with E-state index < -0.39 is 0 Å². The predicted octanol–water partition coefficient (Wildman–Crippen LogP) is 2.03. The highest BCUT2D eigenvalue weighted by atomic mass is 16.5. The van der Waals surface area contributed by atoms with Crippen LogP contribution in [0.5, 0.6) is 5.88 Å². The van der Waals surface area contributed by atoms with Gasteiger partial charge < -0.3 is 4.74 Å². The molecule has 0 spiro atoms. The molecule has 2 aromatic heterocycles. The van der Waals surface area contributed by atoms with Gasteiger partial charge in [0.1, 0.15) is 0 Å². The molecule has 0 aliphatic carbocycles. The third kappa shape index (κ3) is 2.38. The van der Waals surface area contributed by atoms with Gasteiger partial charge in [0.2, 0.25) is 5.88 Å². The van der Waals surface area contributed by atoms with Gasteiger partial charge in [-0.2, -0.15) is 4.52 Å². The van der Waals surface area contributed by atoms with E-state index in [-0.39, 0.29) is 0 Å². The van der Waals surface area contributed by atoms with Crippen LogP contribution in [0.1, 0.15) is 32.2 Å². The maximum absolute atomic E-state index is 5.49. The monoisotopic (exact) mass is 234 g/mol. The van der Waals surface area contributed by atoms with Crippen LogP contribution in [0.4, 0.5) is 0 Å². The lowest BCUT2D eigenvalue weighted by molar-refractivity contribution is 0.318. The number of fused-ring (bicyclic) bond motifs is 1. The minimum Gasteiger partial charge on any atom is -0.477 e. The molecule has 2 rings (SSSR count). The zero-order chi connectivity index (χ0) is 12.4. The van der Waals surface area contributed by atoms with Gasteiger partial charge in [-0.1, -0.05) is 13.8 Å². The number of aryl methyl sites for hydroxylation is 1. The van der Waals surface area contributed by atoms with E-state index in [0.29, 0.717) is 18.4 Å². The number of aromatic nitrogens is 4. The van der Waals surface area contributed by atoms with Gasteiger partial charge in [0.15, 0.2) is 11.5 Å². The summed E-state index contributed by atoms with van der Waals surface area (Å²) in [5, 5.41) is 12.7. The SMILES string of the molecule is CCOc1nn2c(CC(C)C)nnc2cc1C. The molecule has 2 aromatic rings. The number of nitrogens with zero attached hydrogens (tertiary/aromatic N) is 4. The molecule has 2 heterocycles. The molecule has 0 amide bonds. The molecule has 0 aromatic carbocycles. The van der Waals surface area contributed by atoms with Gasteiger partial charge in [-0.3, -0.25) is 0 Å². The highest BCUT2D eigenvalue weighted by Gasteiger charge is 2.11. The fraction of sp³-hybridized carbons (Fsp3) is 0.583. The normalized spacial score (nSPS) is 11.4. The molecule has 0 fully saturated rings. The molecule has 0 unspecified atom stereocenters. The van der Waals surface area contributed by atoms with Crippen LogP contribution in [-0.4, -0.2) is 26.4 Å². The summed E-state index contributed by atoms with van der Waals surface area (Å²) in [5.41, 5.74) is 1.77. The average molecular weight is 234 g/mol. The van der Waals surface area contributed by atoms with E-state index in [1.54, 1.807) is 4.52 Å². The Balaban J connectivity index is 2.47. The van der Waals surface area contributed by atoms with Crippen molar-refractivity contribution in [3.05, 3.63) is 17.5 Å². The summed E-state index contributed by atoms with van der Waals surface area (Å²) in [4.78, 5) is 0. The molecule has 17 heavy (non-hydrogen) atoms. The van der Waals surface area contributed by atoms with Crippen LogP contribution < -0.4 is 4.74 Å². The van der Waals surface area contributed by atoms with Gasteiger partial charge in [-0.15, -0.1) is 15.3 Å². The highest BCUT2D eigenvalue weighted by molar-refractivity contribution is 5.42. The third-order valence-corrected chi connectivity index (χ3v) is 2.48. The maximum Gasteiger partial charge on any atom is 0.234 e. The minimum absolute atomic E-state index is 0.529. The van der Waals surface area contributed by atoms with E-state index in [4.69, 9.17) is 4.74 Å². The van der Waals surface area contributed by atoms with Crippen LogP contribution >= 0.6 is 0 Å². The Labute approximate surface area is 101 Å². The fourth-order valence-corrected chi connectivity index (χ4v) is 1.72. The van der Waals surface area contributed by atoms with Crippen molar-refractivity contribution in [2.45, 2.75) is 34.1 Å². The second-order valence-electron chi connectivity index (χ2n) is 4.55. The van der Waals surface area contributed by atoms with Crippen molar-refractivity contribution >= 4 is 5.65 Å². The third-order valence-electron chi connectivity index (χ3n) is 2.48. The van der Waals surface area contributed by atoms with Gasteiger partial charge in [0.05, 0.1) is 6.61 Å². The quantitative estimate of drug-likeness (QED) is 0.812. The molecule has 5 heteroatoms. The first-order chi connectivity index (χ1) is 8.11. The lowest BCUT2D eigenvalue weighted by Crippen LogP contribution is -2.06. The van der Waals surface area contributed by atoms with Crippen LogP contribution in [-0.2, 0) is 6.42 Å². The number of ether oxygens (including phenoxy) is 1. The Morgan fingerprint density at radius 1 is 1.35 bits per heavy atom. The zero-order valence-corrected chi connectivity index (χ0v) is 10.8. The van der Waals surface area contributed by atoms with Crippen LogP contribution in [0.2, 0.25) is 0 Å². The lowest BCUT2D eigenvalue weighted by Gasteiger charge is -2.07. The maximum atomic E-state index is 5.49. The molecule has 0 aliphatic rings. The van der Waals surface area contributed by atoms with Crippen molar-refractivity contribution in [1.82, 2.24) is 19.8 Å². The summed E-state index contributed by atoms with van der Waals surface area (Å²) in [6, 6.07) is 1.95. The van der Waals surface area contributed by atoms with Crippen molar-refractivity contribution in [1.29, 1.82) is 0 Å². The first kappa shape index (κ1) is 11.8. The summed E-state index contributed by atoms with van der Waals surface area (Å²) in [6.07, 6.45) is 0.864. The smallest absolute Gasteiger partial charge is 0.234 e. The molecule has 5 nitrogen and oxygen atoms in total. The Hall–Kier alpha value is -1.65. The van der Waals surface area contributed by atoms with Gasteiger partial charge in [-0.05, 0) is 25.8 Å². The Morgan fingerprint density at radius 2 is 2.12 bits per heavy atom. The molecule has 0 saturated carbocycles. The molecular formula is C12H18N4O. The van der Waals surface area contributed by atoms with Gasteiger partial charge >= 0.3 is 0 Å². The van der Waals surface area contributed by atoms with E-state index in [1.807, 2.05) is 19.9 Å². The van der Waals surface area contributed by atoms with Gasteiger partial charge in [-0.25, -0.2) is 0 Å². The second kappa shape index (κ2) is 4.69. The van der Waals surface area contributed by atoms with Gasteiger partial charge in [0, 0.05) is 12.0 Å². The first-order valence-corrected chi connectivity index (χ1v) is 5.96. The molecule has 92 valence electrons. The van der Waals surface area contributed by atoms with Crippen LogP contribution in [0.3, 0.4) is 0 Å². The van der Waals surface area contributed by atoms with Crippen LogP contribution in [0.15, 0.2) is 6.07 Å². The minimum atomic E-state index is 0.529. The fourth-order valence-electron chi connectivity index (χ4n) is 1.72. The zero-order valence-electron chi connectivity index (χ0n) is 10.8. The highest BCUT2D eigenvalue weighted by Crippen LogP contribution is 2.17. The summed E-state index contributed by atoms with van der Waals surface area (Å²) in [5.74, 6) is 2.07. The average Bonchev–Trinajstić information content (AvgIpc) is 2.61. The van der Waals surface area contributed by atoms with Gasteiger partial charge in [0.25, 0.3) is 0 Å². The molecule has 0 saturated heterocycles. The van der Waals surface area contributed by atoms with E-state index >= 15 is 0 Å². The summed E-state index contributed by atoms with van der Waals surface area (Å²) in [7, 11) is 0. The van der Waals surface area contributed by atoms with E-state index in [0.717, 1.165) is 23.5 Å².